The third kappa shape index (κ3) is 4.01. The molecule has 0 aliphatic rings. The molecule has 4 rings (SSSR count). The van der Waals surface area contributed by atoms with Crippen molar-refractivity contribution in [3.8, 4) is 11.1 Å². The minimum atomic E-state index is -0.639. The summed E-state index contributed by atoms with van der Waals surface area (Å²) in [5.74, 6) is -1.07. The van der Waals surface area contributed by atoms with Crippen LogP contribution in [-0.4, -0.2) is 28.8 Å². The van der Waals surface area contributed by atoms with Crippen LogP contribution in [-0.2, 0) is 0 Å². The topological polar surface area (TPSA) is 80.9 Å². The van der Waals surface area contributed by atoms with Crippen LogP contribution in [0.4, 0.5) is 14.6 Å². The molecule has 30 heavy (non-hydrogen) atoms. The van der Waals surface area contributed by atoms with Crippen LogP contribution >= 0.6 is 0 Å². The molecule has 4 aromatic rings. The Balaban J connectivity index is 1.70. The van der Waals surface area contributed by atoms with Gasteiger partial charge in [-0.25, -0.2) is 13.8 Å². The van der Waals surface area contributed by atoms with Crippen molar-refractivity contribution in [2.75, 3.05) is 18.4 Å². The van der Waals surface area contributed by atoms with E-state index in [0.717, 1.165) is 0 Å². The number of hydrogen-bond acceptors (Lipinski definition) is 5. The van der Waals surface area contributed by atoms with Gasteiger partial charge in [-0.15, -0.1) is 0 Å². The number of nitrogens with two attached hydrogens (primary N) is 1. The lowest BCUT2D eigenvalue weighted by Gasteiger charge is -2.08. The number of carbonyl (C=O) groups excluding carboxylic acids is 1. The number of hydrogen-bond donors (Lipinski definition) is 2. The smallest absolute Gasteiger partial charge is 0.196 e. The van der Waals surface area contributed by atoms with E-state index in [-0.39, 0.29) is 11.1 Å². The molecule has 3 N–H and O–H groups in total. The van der Waals surface area contributed by atoms with Gasteiger partial charge >= 0.3 is 0 Å². The zero-order valence-electron chi connectivity index (χ0n) is 15.8. The Morgan fingerprint density at radius 2 is 1.87 bits per heavy atom. The van der Waals surface area contributed by atoms with Gasteiger partial charge in [-0.1, -0.05) is 12.1 Å². The van der Waals surface area contributed by atoms with Gasteiger partial charge in [0.2, 0.25) is 0 Å². The summed E-state index contributed by atoms with van der Waals surface area (Å²) in [7, 11) is 0. The second kappa shape index (κ2) is 8.34. The van der Waals surface area contributed by atoms with Crippen LogP contribution in [0.3, 0.4) is 0 Å². The molecular weight excluding hydrogens is 386 g/mol. The largest absolute Gasteiger partial charge is 0.368 e. The summed E-state index contributed by atoms with van der Waals surface area (Å²) in [4.78, 5) is 21.7. The van der Waals surface area contributed by atoms with E-state index in [1.54, 1.807) is 30.5 Å². The number of benzene rings is 3. The maximum atomic E-state index is 14.5. The van der Waals surface area contributed by atoms with Crippen molar-refractivity contribution in [1.29, 1.82) is 0 Å². The number of aromatic nitrogens is 2. The van der Waals surface area contributed by atoms with Crippen molar-refractivity contribution >= 4 is 22.6 Å². The fourth-order valence-electron chi connectivity index (χ4n) is 3.06. The molecule has 5 nitrogen and oxygen atoms in total. The van der Waals surface area contributed by atoms with Crippen LogP contribution in [0.2, 0.25) is 0 Å². The van der Waals surface area contributed by atoms with E-state index in [2.05, 4.69) is 21.4 Å². The molecule has 1 aromatic heterocycles. The lowest BCUT2D eigenvalue weighted by molar-refractivity contribution is 0.103. The number of halogens is 2. The average Bonchev–Trinajstić information content (AvgIpc) is 2.77. The zero-order valence-corrected chi connectivity index (χ0v) is 15.8. The highest BCUT2D eigenvalue weighted by Crippen LogP contribution is 2.25. The van der Waals surface area contributed by atoms with Crippen LogP contribution in [0.1, 0.15) is 15.9 Å². The van der Waals surface area contributed by atoms with Gasteiger partial charge in [0.05, 0.1) is 22.8 Å². The molecule has 1 radical (unpaired) electrons. The fourth-order valence-corrected chi connectivity index (χ4v) is 3.06. The summed E-state index contributed by atoms with van der Waals surface area (Å²) in [5, 5.41) is 3.03. The normalized spacial score (nSPS) is 10.9. The SMILES string of the molecule is NCCNc1cnc2ccc(C(=O)c3cc(-c4c[c]c(F)cc4)ccc3F)cc2n1. The zero-order chi connectivity index (χ0) is 21.1. The average molecular weight is 403 g/mol. The number of nitrogens with zero attached hydrogens (tertiary/aromatic N) is 2. The molecule has 3 aromatic carbocycles. The maximum Gasteiger partial charge on any atom is 0.196 e. The Morgan fingerprint density at radius 1 is 1.03 bits per heavy atom. The Labute approximate surface area is 171 Å². The predicted octanol–water partition coefficient (Wildman–Crippen LogP) is 3.98. The first-order valence-corrected chi connectivity index (χ1v) is 9.28. The van der Waals surface area contributed by atoms with Gasteiger partial charge in [-0.3, -0.25) is 9.78 Å². The maximum absolute atomic E-state index is 14.5. The van der Waals surface area contributed by atoms with E-state index in [4.69, 9.17) is 5.73 Å². The third-order valence-corrected chi connectivity index (χ3v) is 4.57. The molecule has 0 aliphatic carbocycles. The van der Waals surface area contributed by atoms with Crippen molar-refractivity contribution in [1.82, 2.24) is 9.97 Å². The van der Waals surface area contributed by atoms with Gasteiger partial charge < -0.3 is 11.1 Å². The fraction of sp³-hybridized carbons (Fsp3) is 0.0870. The molecule has 0 aliphatic heterocycles. The highest BCUT2D eigenvalue weighted by Gasteiger charge is 2.16. The molecule has 7 heteroatoms. The van der Waals surface area contributed by atoms with Gasteiger partial charge in [0, 0.05) is 24.7 Å². The van der Waals surface area contributed by atoms with Crippen LogP contribution < -0.4 is 11.1 Å². The van der Waals surface area contributed by atoms with Crippen molar-refractivity contribution in [3.05, 3.63) is 89.6 Å². The van der Waals surface area contributed by atoms with E-state index in [1.165, 1.54) is 30.3 Å². The first kappa shape index (κ1) is 19.6. The van der Waals surface area contributed by atoms with Gasteiger partial charge in [-0.2, -0.15) is 0 Å². The summed E-state index contributed by atoms with van der Waals surface area (Å²) in [6.07, 6.45) is 1.59. The second-order valence-corrected chi connectivity index (χ2v) is 6.62. The standard InChI is InChI=1S/C23H17F2N4O/c24-17-5-1-14(2-6-17)15-3-7-19(25)18(11-15)23(30)16-4-8-20-21(12-16)29-22(13-28-20)27-10-9-26/h1-5,7-8,11-13H,9-10,26H2,(H,27,29). The molecule has 1 heterocycles. The van der Waals surface area contributed by atoms with Gasteiger partial charge in [0.25, 0.3) is 0 Å². The molecular formula is C23H17F2N4O. The number of anilines is 1. The van der Waals surface area contributed by atoms with E-state index in [0.29, 0.717) is 41.1 Å². The molecule has 0 amide bonds. The molecule has 0 unspecified atom stereocenters. The predicted molar refractivity (Wildman–Crippen MR) is 111 cm³/mol. The number of ketones is 1. The minimum absolute atomic E-state index is 0.0819. The highest BCUT2D eigenvalue weighted by atomic mass is 19.1. The molecule has 0 spiro atoms. The lowest BCUT2D eigenvalue weighted by Crippen LogP contribution is -2.14. The molecule has 0 saturated heterocycles. The van der Waals surface area contributed by atoms with E-state index in [9.17, 15) is 13.6 Å². The molecule has 0 bridgehead atoms. The van der Waals surface area contributed by atoms with Crippen molar-refractivity contribution in [2.24, 2.45) is 5.73 Å². The van der Waals surface area contributed by atoms with E-state index in [1.807, 2.05) is 0 Å². The monoisotopic (exact) mass is 403 g/mol. The van der Waals surface area contributed by atoms with Crippen molar-refractivity contribution in [3.63, 3.8) is 0 Å². The molecule has 0 atom stereocenters. The Hall–Kier alpha value is -3.71. The minimum Gasteiger partial charge on any atom is -0.368 e. The summed E-state index contributed by atoms with van der Waals surface area (Å²) in [5.41, 5.74) is 8.02. The van der Waals surface area contributed by atoms with E-state index >= 15 is 0 Å². The number of fused-ring (bicyclic) bond motifs is 1. The van der Waals surface area contributed by atoms with Gasteiger partial charge in [-0.05, 0) is 53.6 Å². The first-order chi connectivity index (χ1) is 14.5. The summed E-state index contributed by atoms with van der Waals surface area (Å²) < 4.78 is 27.6. The molecule has 0 saturated carbocycles. The van der Waals surface area contributed by atoms with E-state index < -0.39 is 17.4 Å². The first-order valence-electron chi connectivity index (χ1n) is 9.28. The molecule has 149 valence electrons. The van der Waals surface area contributed by atoms with Crippen molar-refractivity contribution in [2.45, 2.75) is 0 Å². The van der Waals surface area contributed by atoms with Gasteiger partial charge in [0.1, 0.15) is 17.5 Å². The summed E-state index contributed by atoms with van der Waals surface area (Å²) >= 11 is 0. The third-order valence-electron chi connectivity index (χ3n) is 4.57. The Morgan fingerprint density at radius 3 is 2.63 bits per heavy atom. The Kier molecular flexibility index (Phi) is 5.45. The quantitative estimate of drug-likeness (QED) is 0.476. The van der Waals surface area contributed by atoms with Crippen LogP contribution in [0.25, 0.3) is 22.2 Å². The summed E-state index contributed by atoms with van der Waals surface area (Å²) in [6, 6.07) is 15.8. The highest BCUT2D eigenvalue weighted by molar-refractivity contribution is 6.11. The van der Waals surface area contributed by atoms with Gasteiger partial charge in [0.15, 0.2) is 5.78 Å². The molecule has 0 fully saturated rings. The number of rotatable bonds is 6. The summed E-state index contributed by atoms with van der Waals surface area (Å²) in [6.45, 7) is 0.983. The second-order valence-electron chi connectivity index (χ2n) is 6.62. The number of carbonyl (C=O) groups is 1. The van der Waals surface area contributed by atoms with Crippen LogP contribution in [0.5, 0.6) is 0 Å². The van der Waals surface area contributed by atoms with Crippen molar-refractivity contribution < 1.29 is 13.6 Å². The van der Waals surface area contributed by atoms with Crippen LogP contribution in [0, 0.1) is 17.7 Å². The number of nitrogens with one attached hydrogen (secondary N) is 1. The van der Waals surface area contributed by atoms with Crippen LogP contribution in [0.15, 0.2) is 60.8 Å². The Bertz CT molecular complexity index is 1230. The lowest BCUT2D eigenvalue weighted by atomic mass is 9.97.